The Labute approximate surface area is 209 Å². The molecule has 1 aromatic carbocycles. The average molecular weight is 492 g/mol. The first-order valence-corrected chi connectivity index (χ1v) is 12.5. The van der Waals surface area contributed by atoms with Gasteiger partial charge in [-0.2, -0.15) is 20.2 Å². The van der Waals surface area contributed by atoms with E-state index in [-0.39, 0.29) is 5.91 Å². The summed E-state index contributed by atoms with van der Waals surface area (Å²) >= 11 is 1.25. The third-order valence-corrected chi connectivity index (χ3v) is 6.76. The van der Waals surface area contributed by atoms with E-state index in [1.807, 2.05) is 39.0 Å². The maximum Gasteiger partial charge on any atom is 0.267 e. The number of piperazine rings is 1. The molecule has 182 valence electrons. The van der Waals surface area contributed by atoms with E-state index in [0.717, 1.165) is 49.5 Å². The first-order valence-electron chi connectivity index (χ1n) is 11.7. The van der Waals surface area contributed by atoms with E-state index in [1.165, 1.54) is 11.3 Å². The first kappa shape index (κ1) is 24.5. The van der Waals surface area contributed by atoms with Crippen molar-refractivity contribution in [3.05, 3.63) is 46.2 Å². The normalized spacial score (nSPS) is 13.9. The maximum atomic E-state index is 12.8. The zero-order chi connectivity index (χ0) is 24.8. The van der Waals surface area contributed by atoms with Gasteiger partial charge in [0.25, 0.3) is 5.91 Å². The third kappa shape index (κ3) is 6.09. The van der Waals surface area contributed by atoms with Crippen LogP contribution in [0.2, 0.25) is 0 Å². The highest BCUT2D eigenvalue weighted by Gasteiger charge is 2.21. The van der Waals surface area contributed by atoms with Crippen molar-refractivity contribution in [3.63, 3.8) is 0 Å². The minimum atomic E-state index is -0.201. The largest absolute Gasteiger partial charge is 0.338 e. The Morgan fingerprint density at radius 3 is 2.57 bits per heavy atom. The van der Waals surface area contributed by atoms with E-state index in [4.69, 9.17) is 5.26 Å². The van der Waals surface area contributed by atoms with E-state index in [0.29, 0.717) is 40.6 Å². The number of para-hydroxylation sites is 1. The van der Waals surface area contributed by atoms with Gasteiger partial charge in [0.1, 0.15) is 10.7 Å². The number of nitrogens with zero attached hydrogens (tertiary/aromatic N) is 7. The fourth-order valence-electron chi connectivity index (χ4n) is 3.86. The molecule has 0 aliphatic carbocycles. The van der Waals surface area contributed by atoms with Gasteiger partial charge in [0.05, 0.1) is 12.3 Å². The van der Waals surface area contributed by atoms with E-state index in [9.17, 15) is 4.79 Å². The second kappa shape index (κ2) is 11.2. The van der Waals surface area contributed by atoms with Crippen LogP contribution in [-0.4, -0.2) is 63.5 Å². The molecule has 3 aromatic rings. The Bertz CT molecular complexity index is 1210. The smallest absolute Gasteiger partial charge is 0.267 e. The summed E-state index contributed by atoms with van der Waals surface area (Å²) in [4.78, 5) is 35.8. The number of rotatable bonds is 8. The van der Waals surface area contributed by atoms with Crippen molar-refractivity contribution in [2.75, 3.05) is 48.3 Å². The number of thiazole rings is 1. The van der Waals surface area contributed by atoms with Gasteiger partial charge in [0.2, 0.25) is 11.9 Å². The Hall–Kier alpha value is -3.62. The van der Waals surface area contributed by atoms with Crippen molar-refractivity contribution >= 4 is 40.0 Å². The van der Waals surface area contributed by atoms with Gasteiger partial charge >= 0.3 is 0 Å². The fourth-order valence-corrected chi connectivity index (χ4v) is 4.57. The molecular formula is C24H29N9OS. The molecule has 4 rings (SSSR count). The summed E-state index contributed by atoms with van der Waals surface area (Å²) in [6.45, 7) is 10.0. The average Bonchev–Trinajstić information content (AvgIpc) is 3.33. The number of benzene rings is 1. The molecule has 2 aromatic heterocycles. The number of amides is 1. The molecule has 1 aliphatic heterocycles. The molecule has 2 N–H and O–H groups in total. The Morgan fingerprint density at radius 1 is 1.14 bits per heavy atom. The SMILES string of the molecule is CCc1nc(Nc2ncc(C(=O)Nc3c(C)cccc3C)s2)nc(N2CCN(CCC#N)CC2)n1. The Balaban J connectivity index is 1.44. The van der Waals surface area contributed by atoms with E-state index < -0.39 is 0 Å². The van der Waals surface area contributed by atoms with E-state index in [1.54, 1.807) is 6.20 Å². The molecule has 1 aliphatic rings. The predicted molar refractivity (Wildman–Crippen MR) is 137 cm³/mol. The van der Waals surface area contributed by atoms with Gasteiger partial charge in [-0.15, -0.1) is 0 Å². The van der Waals surface area contributed by atoms with Crippen LogP contribution in [0.5, 0.6) is 0 Å². The molecule has 1 amide bonds. The topological polar surface area (TPSA) is 123 Å². The monoisotopic (exact) mass is 491 g/mol. The molecule has 35 heavy (non-hydrogen) atoms. The standard InChI is InChI=1S/C24H29N9OS/c1-4-19-27-22(30-23(28-19)33-13-11-32(12-14-33)10-6-9-25)31-24-26-15-18(35-24)21(34)29-20-16(2)7-5-8-17(20)3/h5,7-8,15H,4,6,10-14H2,1-3H3,(H,29,34)(H,26,27,28,30,31). The minimum Gasteiger partial charge on any atom is -0.338 e. The number of hydrogen-bond acceptors (Lipinski definition) is 10. The zero-order valence-electron chi connectivity index (χ0n) is 20.2. The van der Waals surface area contributed by atoms with Crippen LogP contribution in [0, 0.1) is 25.2 Å². The summed E-state index contributed by atoms with van der Waals surface area (Å²) < 4.78 is 0. The predicted octanol–water partition coefficient (Wildman–Crippen LogP) is 3.54. The van der Waals surface area contributed by atoms with Crippen molar-refractivity contribution in [3.8, 4) is 6.07 Å². The van der Waals surface area contributed by atoms with Crippen LogP contribution in [0.3, 0.4) is 0 Å². The molecule has 10 nitrogen and oxygen atoms in total. The molecule has 0 spiro atoms. The van der Waals surface area contributed by atoms with E-state index in [2.05, 4.69) is 46.4 Å². The molecule has 0 radical (unpaired) electrons. The summed E-state index contributed by atoms with van der Waals surface area (Å²) in [5, 5.41) is 15.5. The van der Waals surface area contributed by atoms with Crippen molar-refractivity contribution in [2.24, 2.45) is 0 Å². The number of carbonyl (C=O) groups excluding carboxylic acids is 1. The second-order valence-electron chi connectivity index (χ2n) is 8.34. The van der Waals surface area contributed by atoms with Gasteiger partial charge in [0, 0.05) is 51.3 Å². The van der Waals surface area contributed by atoms with Gasteiger partial charge in [-0.3, -0.25) is 15.0 Å². The number of aryl methyl sites for hydroxylation is 3. The molecule has 11 heteroatoms. The van der Waals surface area contributed by atoms with Gasteiger partial charge in [-0.25, -0.2) is 4.98 Å². The van der Waals surface area contributed by atoms with Gasteiger partial charge < -0.3 is 10.2 Å². The minimum absolute atomic E-state index is 0.201. The molecule has 1 fully saturated rings. The van der Waals surface area contributed by atoms with Gasteiger partial charge in [-0.1, -0.05) is 36.5 Å². The summed E-state index contributed by atoms with van der Waals surface area (Å²) in [5.41, 5.74) is 2.84. The quantitative estimate of drug-likeness (QED) is 0.487. The summed E-state index contributed by atoms with van der Waals surface area (Å²) in [7, 11) is 0. The lowest BCUT2D eigenvalue weighted by Gasteiger charge is -2.34. The van der Waals surface area contributed by atoms with Gasteiger partial charge in [-0.05, 0) is 25.0 Å². The number of carbonyl (C=O) groups is 1. The molecule has 0 saturated carbocycles. The number of aromatic nitrogens is 4. The van der Waals surface area contributed by atoms with Crippen LogP contribution in [-0.2, 0) is 6.42 Å². The molecule has 1 saturated heterocycles. The second-order valence-corrected chi connectivity index (χ2v) is 9.37. The summed E-state index contributed by atoms with van der Waals surface area (Å²) in [5.74, 6) is 1.53. The molecule has 0 atom stereocenters. The number of anilines is 4. The molecule has 3 heterocycles. The number of nitrogens with one attached hydrogen (secondary N) is 2. The highest BCUT2D eigenvalue weighted by molar-refractivity contribution is 7.17. The van der Waals surface area contributed by atoms with Gasteiger partial charge in [0.15, 0.2) is 5.13 Å². The van der Waals surface area contributed by atoms with Crippen molar-refractivity contribution < 1.29 is 4.79 Å². The van der Waals surface area contributed by atoms with Crippen LogP contribution in [0.25, 0.3) is 0 Å². The lowest BCUT2D eigenvalue weighted by Crippen LogP contribution is -2.47. The maximum absolute atomic E-state index is 12.8. The summed E-state index contributed by atoms with van der Waals surface area (Å²) in [6.07, 6.45) is 2.77. The van der Waals surface area contributed by atoms with Crippen molar-refractivity contribution in [2.45, 2.75) is 33.6 Å². The van der Waals surface area contributed by atoms with Crippen LogP contribution in [0.4, 0.5) is 22.7 Å². The first-order chi connectivity index (χ1) is 17.0. The molecule has 0 unspecified atom stereocenters. The molecule has 0 bridgehead atoms. The fraction of sp³-hybridized carbons (Fsp3) is 0.417. The third-order valence-electron chi connectivity index (χ3n) is 5.85. The highest BCUT2D eigenvalue weighted by atomic mass is 32.1. The van der Waals surface area contributed by atoms with Crippen LogP contribution in [0.15, 0.2) is 24.4 Å². The van der Waals surface area contributed by atoms with Crippen LogP contribution in [0.1, 0.15) is 40.0 Å². The van der Waals surface area contributed by atoms with E-state index >= 15 is 0 Å². The van der Waals surface area contributed by atoms with Crippen molar-refractivity contribution in [1.29, 1.82) is 5.26 Å². The number of hydrogen-bond donors (Lipinski definition) is 2. The van der Waals surface area contributed by atoms with Crippen LogP contribution < -0.4 is 15.5 Å². The Kier molecular flexibility index (Phi) is 7.84. The zero-order valence-corrected chi connectivity index (χ0v) is 21.0. The van der Waals surface area contributed by atoms with Crippen molar-refractivity contribution in [1.82, 2.24) is 24.8 Å². The molecular weight excluding hydrogens is 462 g/mol. The number of nitriles is 1. The highest BCUT2D eigenvalue weighted by Crippen LogP contribution is 2.25. The lowest BCUT2D eigenvalue weighted by molar-refractivity contribution is 0.103. The Morgan fingerprint density at radius 2 is 1.89 bits per heavy atom. The van der Waals surface area contributed by atoms with Crippen LogP contribution >= 0.6 is 11.3 Å². The lowest BCUT2D eigenvalue weighted by atomic mass is 10.1. The summed E-state index contributed by atoms with van der Waals surface area (Å²) in [6, 6.07) is 8.11.